The Hall–Kier alpha value is -0.0800. The van der Waals surface area contributed by atoms with Gasteiger partial charge in [0.2, 0.25) is 0 Å². The number of aliphatic hydroxyl groups excluding tert-OH is 1. The molecule has 0 saturated heterocycles. The quantitative estimate of drug-likeness (QED) is 0.797. The third kappa shape index (κ3) is 5.07. The summed E-state index contributed by atoms with van der Waals surface area (Å²) in [5.74, 6) is 0. The minimum Gasteiger partial charge on any atom is -0.598 e. The lowest BCUT2D eigenvalue weighted by Gasteiger charge is -2.26. The monoisotopic (exact) mass is 351 g/mol. The molecule has 1 aromatic rings. The summed E-state index contributed by atoms with van der Waals surface area (Å²) in [6, 6.07) is 1.76. The molecule has 1 heterocycles. The predicted molar refractivity (Wildman–Crippen MR) is 81.1 cm³/mol. The summed E-state index contributed by atoms with van der Waals surface area (Å²) in [5.41, 5.74) is 0.894. The van der Waals surface area contributed by atoms with Crippen molar-refractivity contribution >= 4 is 27.3 Å². The van der Waals surface area contributed by atoms with Crippen molar-refractivity contribution in [3.63, 3.8) is 0 Å². The lowest BCUT2D eigenvalue weighted by Crippen LogP contribution is -2.41. The molecule has 19 heavy (non-hydrogen) atoms. The van der Waals surface area contributed by atoms with Gasteiger partial charge in [0.25, 0.3) is 0 Å². The van der Waals surface area contributed by atoms with Crippen molar-refractivity contribution in [2.75, 3.05) is 0 Å². The molecule has 5 nitrogen and oxygen atoms in total. The van der Waals surface area contributed by atoms with Crippen LogP contribution in [0.25, 0.3) is 0 Å². The minimum absolute atomic E-state index is 0.113. The fraction of sp³-hybridized carbons (Fsp3) is 0.750. The summed E-state index contributed by atoms with van der Waals surface area (Å²) < 4.78 is 17.3. The van der Waals surface area contributed by atoms with E-state index in [0.29, 0.717) is 11.1 Å². The van der Waals surface area contributed by atoms with Gasteiger partial charge in [0.15, 0.2) is 0 Å². The average Bonchev–Trinajstić information content (AvgIpc) is 2.56. The van der Waals surface area contributed by atoms with Crippen LogP contribution in [0.5, 0.6) is 0 Å². The standard InChI is InChI=1S/C12H22BrN3O2S/c1-8(17)7-16-10(6-11(13)14-16)9(2)15-19(18)12(3,4)5/h6,8-9,15,17H,7H2,1-5H3/t8-,9-,19+/m0/s1. The van der Waals surface area contributed by atoms with E-state index < -0.39 is 17.5 Å². The molecule has 0 aromatic carbocycles. The van der Waals surface area contributed by atoms with Crippen LogP contribution in [0.15, 0.2) is 10.7 Å². The summed E-state index contributed by atoms with van der Waals surface area (Å²) in [4.78, 5) is 0. The van der Waals surface area contributed by atoms with E-state index in [9.17, 15) is 9.66 Å². The van der Waals surface area contributed by atoms with Gasteiger partial charge in [-0.05, 0) is 56.6 Å². The Labute approximate surface area is 126 Å². The third-order valence-corrected chi connectivity index (χ3v) is 4.57. The highest BCUT2D eigenvalue weighted by molar-refractivity contribution is 9.10. The summed E-state index contributed by atoms with van der Waals surface area (Å²) >= 11 is 2.18. The van der Waals surface area contributed by atoms with E-state index in [1.54, 1.807) is 11.6 Å². The Morgan fingerprint density at radius 2 is 2.11 bits per heavy atom. The van der Waals surface area contributed by atoms with Crippen LogP contribution in [0.4, 0.5) is 0 Å². The topological polar surface area (TPSA) is 73.1 Å². The van der Waals surface area contributed by atoms with Crippen LogP contribution in [-0.4, -0.2) is 30.3 Å². The molecule has 7 heteroatoms. The van der Waals surface area contributed by atoms with Crippen LogP contribution in [0.3, 0.4) is 0 Å². The van der Waals surface area contributed by atoms with E-state index in [2.05, 4.69) is 25.8 Å². The van der Waals surface area contributed by atoms with Gasteiger partial charge in [-0.3, -0.25) is 4.68 Å². The Balaban J connectivity index is 2.84. The van der Waals surface area contributed by atoms with Gasteiger partial charge in [0, 0.05) is 11.4 Å². The molecule has 110 valence electrons. The van der Waals surface area contributed by atoms with Crippen LogP contribution in [0.1, 0.15) is 46.4 Å². The van der Waals surface area contributed by atoms with Gasteiger partial charge in [-0.15, -0.1) is 4.72 Å². The average molecular weight is 352 g/mol. The first-order valence-corrected chi connectivity index (χ1v) is 8.15. The molecule has 0 aliphatic carbocycles. The van der Waals surface area contributed by atoms with Crippen LogP contribution < -0.4 is 4.72 Å². The minimum atomic E-state index is -1.15. The normalized spacial score (nSPS) is 17.3. The zero-order chi connectivity index (χ0) is 14.8. The van der Waals surface area contributed by atoms with Crippen molar-refractivity contribution in [1.82, 2.24) is 14.5 Å². The highest BCUT2D eigenvalue weighted by atomic mass is 79.9. The number of nitrogens with zero attached hydrogens (tertiary/aromatic N) is 2. The van der Waals surface area contributed by atoms with Crippen LogP contribution in [0.2, 0.25) is 0 Å². The Kier molecular flexibility index (Phi) is 5.88. The summed E-state index contributed by atoms with van der Waals surface area (Å²) in [7, 11) is 0. The van der Waals surface area contributed by atoms with Gasteiger partial charge in [-0.2, -0.15) is 5.10 Å². The van der Waals surface area contributed by atoms with Crippen molar-refractivity contribution in [2.24, 2.45) is 0 Å². The molecule has 2 N–H and O–H groups in total. The second-order valence-corrected chi connectivity index (χ2v) is 8.45. The van der Waals surface area contributed by atoms with Crippen molar-refractivity contribution < 1.29 is 9.66 Å². The lowest BCUT2D eigenvalue weighted by atomic mass is 10.2. The fourth-order valence-electron chi connectivity index (χ4n) is 1.54. The van der Waals surface area contributed by atoms with Crippen LogP contribution in [0, 0.1) is 0 Å². The summed E-state index contributed by atoms with van der Waals surface area (Å²) in [5, 5.41) is 13.8. The molecule has 0 aliphatic heterocycles. The number of rotatable bonds is 5. The molecule has 0 fully saturated rings. The fourth-order valence-corrected chi connectivity index (χ4v) is 2.76. The SMILES string of the molecule is C[C@H](O)Cn1nc(Br)cc1[C@H](C)N[S@+]([O-])C(C)(C)C. The molecule has 0 unspecified atom stereocenters. The molecule has 0 radical (unpaired) electrons. The van der Waals surface area contributed by atoms with Crippen molar-refractivity contribution in [3.8, 4) is 0 Å². The maximum absolute atomic E-state index is 12.1. The maximum Gasteiger partial charge on any atom is 0.136 e. The summed E-state index contributed by atoms with van der Waals surface area (Å²) in [6.45, 7) is 9.83. The number of aliphatic hydroxyl groups is 1. The Bertz CT molecular complexity index is 418. The zero-order valence-electron chi connectivity index (χ0n) is 12.0. The predicted octanol–water partition coefficient (Wildman–Crippen LogP) is 2.14. The number of hydrogen-bond acceptors (Lipinski definition) is 4. The lowest BCUT2D eigenvalue weighted by molar-refractivity contribution is 0.166. The molecule has 0 amide bonds. The molecular weight excluding hydrogens is 330 g/mol. The highest BCUT2D eigenvalue weighted by Gasteiger charge is 2.29. The molecule has 0 bridgehead atoms. The molecule has 0 spiro atoms. The van der Waals surface area contributed by atoms with Crippen molar-refractivity contribution in [1.29, 1.82) is 0 Å². The highest BCUT2D eigenvalue weighted by Crippen LogP contribution is 2.22. The van der Waals surface area contributed by atoms with Crippen LogP contribution in [-0.2, 0) is 17.9 Å². The van der Waals surface area contributed by atoms with Gasteiger partial charge in [0.1, 0.15) is 9.35 Å². The number of halogens is 1. The van der Waals surface area contributed by atoms with E-state index >= 15 is 0 Å². The van der Waals surface area contributed by atoms with Gasteiger partial charge in [-0.25, -0.2) is 0 Å². The van der Waals surface area contributed by atoms with Crippen LogP contribution >= 0.6 is 15.9 Å². The van der Waals surface area contributed by atoms with E-state index in [-0.39, 0.29) is 10.8 Å². The molecule has 1 aromatic heterocycles. The molecule has 3 atom stereocenters. The van der Waals surface area contributed by atoms with E-state index in [0.717, 1.165) is 5.69 Å². The zero-order valence-corrected chi connectivity index (χ0v) is 14.4. The maximum atomic E-state index is 12.1. The molecular formula is C12H22BrN3O2S. The first kappa shape index (κ1) is 17.0. The van der Waals surface area contributed by atoms with Crippen molar-refractivity contribution in [3.05, 3.63) is 16.4 Å². The van der Waals surface area contributed by atoms with Gasteiger partial charge < -0.3 is 9.66 Å². The Morgan fingerprint density at radius 3 is 2.58 bits per heavy atom. The van der Waals surface area contributed by atoms with Gasteiger partial charge in [0.05, 0.1) is 24.4 Å². The van der Waals surface area contributed by atoms with E-state index in [4.69, 9.17) is 0 Å². The second-order valence-electron chi connectivity index (χ2n) is 5.64. The van der Waals surface area contributed by atoms with E-state index in [1.807, 2.05) is 33.8 Å². The first-order chi connectivity index (χ1) is 8.61. The summed E-state index contributed by atoms with van der Waals surface area (Å²) in [6.07, 6.45) is -0.481. The third-order valence-electron chi connectivity index (χ3n) is 2.50. The number of hydrogen-bond donors (Lipinski definition) is 2. The van der Waals surface area contributed by atoms with Crippen molar-refractivity contribution in [2.45, 2.75) is 58.1 Å². The second kappa shape index (κ2) is 6.58. The van der Waals surface area contributed by atoms with Gasteiger partial charge in [-0.1, -0.05) is 0 Å². The van der Waals surface area contributed by atoms with Gasteiger partial charge >= 0.3 is 0 Å². The molecule has 0 saturated carbocycles. The number of nitrogens with one attached hydrogen (secondary N) is 1. The Morgan fingerprint density at radius 1 is 1.53 bits per heavy atom. The largest absolute Gasteiger partial charge is 0.598 e. The molecule has 1 rings (SSSR count). The molecule has 0 aliphatic rings. The van der Waals surface area contributed by atoms with E-state index in [1.165, 1.54) is 0 Å². The number of aromatic nitrogens is 2. The first-order valence-electron chi connectivity index (χ1n) is 6.20. The smallest absolute Gasteiger partial charge is 0.136 e.